The number of nitrogens with one attached hydrogen (secondary N) is 1. The minimum absolute atomic E-state index is 0.112. The summed E-state index contributed by atoms with van der Waals surface area (Å²) in [4.78, 5) is 19.1. The average molecular weight is 361 g/mol. The first-order valence-corrected chi connectivity index (χ1v) is 8.42. The van der Waals surface area contributed by atoms with E-state index in [9.17, 15) is 13.6 Å². The van der Waals surface area contributed by atoms with Gasteiger partial charge in [0.05, 0.1) is 11.1 Å². The molecule has 25 heavy (non-hydrogen) atoms. The van der Waals surface area contributed by atoms with Gasteiger partial charge in [-0.1, -0.05) is 31.2 Å². The highest BCUT2D eigenvalue weighted by Crippen LogP contribution is 2.29. The largest absolute Gasteiger partial charge is 0.303 e. The Kier molecular flexibility index (Phi) is 4.76. The Balaban J connectivity index is 2.38. The van der Waals surface area contributed by atoms with E-state index in [-0.39, 0.29) is 21.4 Å². The molecule has 0 aliphatic carbocycles. The van der Waals surface area contributed by atoms with Gasteiger partial charge in [0.1, 0.15) is 5.65 Å². The van der Waals surface area contributed by atoms with E-state index in [1.54, 1.807) is 4.57 Å². The summed E-state index contributed by atoms with van der Waals surface area (Å²) in [5.74, 6) is 0. The summed E-state index contributed by atoms with van der Waals surface area (Å²) >= 11 is 5.15. The maximum atomic E-state index is 13.6. The van der Waals surface area contributed by atoms with E-state index in [0.29, 0.717) is 12.2 Å². The lowest BCUT2D eigenvalue weighted by Crippen LogP contribution is -2.17. The number of aromatic amines is 1. The van der Waals surface area contributed by atoms with Gasteiger partial charge in [-0.25, -0.2) is 13.8 Å². The SMILES string of the molecule is CCc1ccc(-c2cc(C(F)F)c3c(=O)[nH]c(=S)n(CC)c3n2)cc1. The molecule has 0 aliphatic rings. The highest BCUT2D eigenvalue weighted by Gasteiger charge is 2.20. The minimum atomic E-state index is -2.79. The highest BCUT2D eigenvalue weighted by atomic mass is 32.1. The molecule has 1 aromatic carbocycles. The van der Waals surface area contributed by atoms with Gasteiger partial charge in [-0.2, -0.15) is 0 Å². The van der Waals surface area contributed by atoms with E-state index in [1.165, 1.54) is 6.07 Å². The monoisotopic (exact) mass is 361 g/mol. The summed E-state index contributed by atoms with van der Waals surface area (Å²) in [6, 6.07) is 8.85. The van der Waals surface area contributed by atoms with Crippen molar-refractivity contribution in [2.75, 3.05) is 0 Å². The van der Waals surface area contributed by atoms with Gasteiger partial charge >= 0.3 is 0 Å². The maximum absolute atomic E-state index is 13.6. The fraction of sp³-hybridized carbons (Fsp3) is 0.278. The first-order valence-electron chi connectivity index (χ1n) is 8.01. The van der Waals surface area contributed by atoms with Crippen molar-refractivity contribution in [1.29, 1.82) is 0 Å². The lowest BCUT2D eigenvalue weighted by molar-refractivity contribution is 0.153. The number of fused-ring (bicyclic) bond motifs is 1. The average Bonchev–Trinajstić information content (AvgIpc) is 2.61. The molecule has 3 aromatic rings. The van der Waals surface area contributed by atoms with Crippen molar-refractivity contribution in [3.05, 3.63) is 56.6 Å². The predicted octanol–water partition coefficient (Wildman–Crippen LogP) is 4.64. The second-order valence-electron chi connectivity index (χ2n) is 5.65. The molecule has 0 bridgehead atoms. The van der Waals surface area contributed by atoms with Gasteiger partial charge in [-0.3, -0.25) is 9.78 Å². The van der Waals surface area contributed by atoms with Crippen LogP contribution in [-0.4, -0.2) is 14.5 Å². The van der Waals surface area contributed by atoms with Gasteiger partial charge in [0.15, 0.2) is 4.77 Å². The van der Waals surface area contributed by atoms with Crippen molar-refractivity contribution >= 4 is 23.3 Å². The van der Waals surface area contributed by atoms with Crippen molar-refractivity contribution in [2.24, 2.45) is 0 Å². The summed E-state index contributed by atoms with van der Waals surface area (Å²) in [7, 11) is 0. The van der Waals surface area contributed by atoms with Crippen LogP contribution in [0.4, 0.5) is 8.78 Å². The standard InChI is InChI=1S/C18H17F2N3OS/c1-3-10-5-7-11(8-6-10)13-9-12(15(19)20)14-16(21-13)23(4-2)18(25)22-17(14)24/h5-9,15H,3-4H2,1-2H3,(H,22,24,25). The van der Waals surface area contributed by atoms with Gasteiger partial charge in [0.25, 0.3) is 12.0 Å². The van der Waals surface area contributed by atoms with E-state index in [0.717, 1.165) is 17.5 Å². The molecular weight excluding hydrogens is 344 g/mol. The number of nitrogens with zero attached hydrogens (tertiary/aromatic N) is 2. The van der Waals surface area contributed by atoms with Crippen LogP contribution in [0.25, 0.3) is 22.3 Å². The van der Waals surface area contributed by atoms with Crippen molar-refractivity contribution in [1.82, 2.24) is 14.5 Å². The van der Waals surface area contributed by atoms with Crippen molar-refractivity contribution in [3.8, 4) is 11.3 Å². The number of hydrogen-bond acceptors (Lipinski definition) is 3. The Hall–Kier alpha value is -2.41. The Morgan fingerprint density at radius 3 is 2.48 bits per heavy atom. The zero-order chi connectivity index (χ0) is 18.1. The smallest absolute Gasteiger partial charge is 0.264 e. The highest BCUT2D eigenvalue weighted by molar-refractivity contribution is 7.71. The zero-order valence-corrected chi connectivity index (χ0v) is 14.7. The molecule has 3 rings (SSSR count). The number of rotatable bonds is 4. The third kappa shape index (κ3) is 3.11. The van der Waals surface area contributed by atoms with Crippen LogP contribution in [0.2, 0.25) is 0 Å². The molecule has 0 unspecified atom stereocenters. The Labute approximate surface area is 148 Å². The van der Waals surface area contributed by atoms with Crippen LogP contribution in [0.1, 0.15) is 31.4 Å². The first kappa shape index (κ1) is 17.4. The van der Waals surface area contributed by atoms with Gasteiger partial charge in [-0.15, -0.1) is 0 Å². The van der Waals surface area contributed by atoms with Crippen molar-refractivity contribution in [3.63, 3.8) is 0 Å². The number of benzene rings is 1. The summed E-state index contributed by atoms with van der Waals surface area (Å²) in [6.45, 7) is 4.28. The number of alkyl halides is 2. The number of hydrogen-bond donors (Lipinski definition) is 1. The van der Waals surface area contributed by atoms with Gasteiger partial charge in [0.2, 0.25) is 0 Å². The fourth-order valence-corrected chi connectivity index (χ4v) is 3.13. The molecule has 0 saturated heterocycles. The molecule has 130 valence electrons. The maximum Gasteiger partial charge on any atom is 0.264 e. The molecule has 4 nitrogen and oxygen atoms in total. The molecule has 0 saturated carbocycles. The van der Waals surface area contributed by atoms with Crippen LogP contribution in [0.15, 0.2) is 35.1 Å². The topological polar surface area (TPSA) is 50.7 Å². The van der Waals surface area contributed by atoms with Crippen LogP contribution in [-0.2, 0) is 13.0 Å². The molecule has 7 heteroatoms. The number of aromatic nitrogens is 3. The third-order valence-corrected chi connectivity index (χ3v) is 4.51. The summed E-state index contributed by atoms with van der Waals surface area (Å²) < 4.78 is 29.0. The second-order valence-corrected chi connectivity index (χ2v) is 6.04. The molecule has 0 spiro atoms. The predicted molar refractivity (Wildman–Crippen MR) is 96.6 cm³/mol. The van der Waals surface area contributed by atoms with Crippen LogP contribution in [0, 0.1) is 4.77 Å². The Morgan fingerprint density at radius 1 is 1.24 bits per heavy atom. The second kappa shape index (κ2) is 6.84. The third-order valence-electron chi connectivity index (χ3n) is 4.19. The molecule has 0 radical (unpaired) electrons. The van der Waals surface area contributed by atoms with Gasteiger partial charge in [0, 0.05) is 17.7 Å². The zero-order valence-electron chi connectivity index (χ0n) is 13.8. The Bertz CT molecular complexity index is 1040. The quantitative estimate of drug-likeness (QED) is 0.689. The molecule has 0 atom stereocenters. The molecule has 2 aromatic heterocycles. The minimum Gasteiger partial charge on any atom is -0.303 e. The molecule has 0 fully saturated rings. The van der Waals surface area contributed by atoms with Crippen LogP contribution >= 0.6 is 12.2 Å². The van der Waals surface area contributed by atoms with Crippen LogP contribution in [0.3, 0.4) is 0 Å². The van der Waals surface area contributed by atoms with E-state index < -0.39 is 12.0 Å². The van der Waals surface area contributed by atoms with Crippen LogP contribution in [0.5, 0.6) is 0 Å². The van der Waals surface area contributed by atoms with E-state index >= 15 is 0 Å². The lowest BCUT2D eigenvalue weighted by Gasteiger charge is -2.13. The number of pyridine rings is 1. The van der Waals surface area contributed by atoms with E-state index in [2.05, 4.69) is 9.97 Å². The van der Waals surface area contributed by atoms with Crippen molar-refractivity contribution < 1.29 is 8.78 Å². The number of halogens is 2. The Morgan fingerprint density at radius 2 is 1.92 bits per heavy atom. The molecule has 0 aliphatic heterocycles. The van der Waals surface area contributed by atoms with Gasteiger partial charge < -0.3 is 4.57 Å². The number of aryl methyl sites for hydroxylation is 2. The molecule has 2 heterocycles. The van der Waals surface area contributed by atoms with Crippen LogP contribution < -0.4 is 5.56 Å². The van der Waals surface area contributed by atoms with E-state index in [4.69, 9.17) is 12.2 Å². The molecular formula is C18H17F2N3OS. The first-order chi connectivity index (χ1) is 12.0. The normalized spacial score (nSPS) is 11.4. The van der Waals surface area contributed by atoms with Crippen molar-refractivity contribution in [2.45, 2.75) is 33.2 Å². The lowest BCUT2D eigenvalue weighted by atomic mass is 10.0. The number of H-pyrrole nitrogens is 1. The molecule has 1 N–H and O–H groups in total. The van der Waals surface area contributed by atoms with E-state index in [1.807, 2.05) is 38.1 Å². The summed E-state index contributed by atoms with van der Waals surface area (Å²) in [5, 5.41) is -0.112. The summed E-state index contributed by atoms with van der Waals surface area (Å²) in [6.07, 6.45) is -1.90. The fourth-order valence-electron chi connectivity index (χ4n) is 2.83. The summed E-state index contributed by atoms with van der Waals surface area (Å²) in [5.41, 5.74) is 1.47. The molecule has 0 amide bonds. The van der Waals surface area contributed by atoms with Gasteiger partial charge in [-0.05, 0) is 37.2 Å².